The van der Waals surface area contributed by atoms with Gasteiger partial charge in [0.2, 0.25) is 11.7 Å². The summed E-state index contributed by atoms with van der Waals surface area (Å²) < 4.78 is 11.2. The molecule has 30 heavy (non-hydrogen) atoms. The smallest absolute Gasteiger partial charge is 0.260 e. The van der Waals surface area contributed by atoms with Crippen LogP contribution in [-0.2, 0) is 11.2 Å². The van der Waals surface area contributed by atoms with Crippen molar-refractivity contribution < 1.29 is 14.1 Å². The zero-order valence-electron chi connectivity index (χ0n) is 17.5. The van der Waals surface area contributed by atoms with Gasteiger partial charge >= 0.3 is 0 Å². The van der Waals surface area contributed by atoms with Gasteiger partial charge in [-0.2, -0.15) is 4.98 Å². The van der Waals surface area contributed by atoms with Crippen LogP contribution in [0, 0.1) is 19.8 Å². The van der Waals surface area contributed by atoms with Crippen molar-refractivity contribution in [3.8, 4) is 17.1 Å². The fourth-order valence-electron chi connectivity index (χ4n) is 3.92. The van der Waals surface area contributed by atoms with Crippen LogP contribution in [0.25, 0.3) is 11.4 Å². The van der Waals surface area contributed by atoms with Gasteiger partial charge in [0.15, 0.2) is 6.61 Å². The number of aromatic nitrogens is 2. The van der Waals surface area contributed by atoms with Crippen LogP contribution in [0.1, 0.15) is 29.9 Å². The molecule has 1 unspecified atom stereocenters. The average Bonchev–Trinajstić information content (AvgIpc) is 3.21. The Morgan fingerprint density at radius 1 is 1.20 bits per heavy atom. The first-order valence-electron chi connectivity index (χ1n) is 10.4. The normalized spacial score (nSPS) is 16.5. The highest BCUT2D eigenvalue weighted by molar-refractivity contribution is 5.77. The maximum Gasteiger partial charge on any atom is 0.260 e. The molecule has 1 atom stereocenters. The Morgan fingerprint density at radius 3 is 2.90 bits per heavy atom. The van der Waals surface area contributed by atoms with Gasteiger partial charge in [0.25, 0.3) is 5.91 Å². The molecule has 1 fully saturated rings. The number of likely N-dealkylation sites (tertiary alicyclic amines) is 1. The molecule has 3 aromatic rings. The van der Waals surface area contributed by atoms with E-state index in [4.69, 9.17) is 9.26 Å². The van der Waals surface area contributed by atoms with E-state index in [0.29, 0.717) is 30.6 Å². The number of ether oxygens (including phenoxy) is 1. The molecule has 2 aromatic carbocycles. The molecule has 1 aliphatic heterocycles. The molecule has 0 saturated carbocycles. The van der Waals surface area contributed by atoms with Crippen LogP contribution in [0.15, 0.2) is 53.1 Å². The molecule has 0 N–H and O–H groups in total. The van der Waals surface area contributed by atoms with Crippen molar-refractivity contribution in [1.29, 1.82) is 0 Å². The summed E-state index contributed by atoms with van der Waals surface area (Å²) in [6.45, 7) is 5.57. The molecule has 1 amide bonds. The second-order valence-corrected chi connectivity index (χ2v) is 7.98. The number of aryl methyl sites for hydroxylation is 2. The minimum Gasteiger partial charge on any atom is -0.484 e. The number of benzene rings is 2. The predicted molar refractivity (Wildman–Crippen MR) is 114 cm³/mol. The number of rotatable bonds is 6. The van der Waals surface area contributed by atoms with E-state index in [2.05, 4.69) is 10.1 Å². The van der Waals surface area contributed by atoms with Crippen molar-refractivity contribution in [3.63, 3.8) is 0 Å². The first-order chi connectivity index (χ1) is 14.6. The molecule has 1 aromatic heterocycles. The van der Waals surface area contributed by atoms with Gasteiger partial charge in [0.05, 0.1) is 0 Å². The lowest BCUT2D eigenvalue weighted by Crippen LogP contribution is -2.42. The minimum atomic E-state index is 0.0207. The van der Waals surface area contributed by atoms with Gasteiger partial charge in [0, 0.05) is 25.1 Å². The summed E-state index contributed by atoms with van der Waals surface area (Å²) in [4.78, 5) is 19.1. The van der Waals surface area contributed by atoms with E-state index in [-0.39, 0.29) is 12.5 Å². The van der Waals surface area contributed by atoms with Gasteiger partial charge in [-0.25, -0.2) is 0 Å². The quantitative estimate of drug-likeness (QED) is 0.614. The number of piperidine rings is 1. The fraction of sp³-hybridized carbons (Fsp3) is 0.375. The summed E-state index contributed by atoms with van der Waals surface area (Å²) in [6, 6.07) is 15.8. The third-order valence-corrected chi connectivity index (χ3v) is 5.54. The van der Waals surface area contributed by atoms with Crippen molar-refractivity contribution in [2.75, 3.05) is 19.7 Å². The third-order valence-electron chi connectivity index (χ3n) is 5.54. The molecule has 1 aliphatic rings. The number of hydrogen-bond donors (Lipinski definition) is 0. The van der Waals surface area contributed by atoms with Crippen LogP contribution in [-0.4, -0.2) is 40.6 Å². The van der Waals surface area contributed by atoms with Gasteiger partial charge in [-0.15, -0.1) is 0 Å². The van der Waals surface area contributed by atoms with Crippen LogP contribution in [0.3, 0.4) is 0 Å². The first-order valence-corrected chi connectivity index (χ1v) is 10.4. The molecule has 6 heteroatoms. The molecule has 0 spiro atoms. The largest absolute Gasteiger partial charge is 0.484 e. The summed E-state index contributed by atoms with van der Waals surface area (Å²) in [6.07, 6.45) is 2.70. The lowest BCUT2D eigenvalue weighted by atomic mass is 9.94. The highest BCUT2D eigenvalue weighted by Gasteiger charge is 2.26. The maximum absolute atomic E-state index is 12.6. The topological polar surface area (TPSA) is 68.5 Å². The zero-order valence-corrected chi connectivity index (χ0v) is 17.5. The second-order valence-electron chi connectivity index (χ2n) is 7.98. The molecular formula is C24H27N3O3. The summed E-state index contributed by atoms with van der Waals surface area (Å²) in [7, 11) is 0. The zero-order chi connectivity index (χ0) is 20.9. The molecule has 0 aliphatic carbocycles. The van der Waals surface area contributed by atoms with Crippen molar-refractivity contribution in [2.45, 2.75) is 33.1 Å². The fourth-order valence-corrected chi connectivity index (χ4v) is 3.92. The highest BCUT2D eigenvalue weighted by Crippen LogP contribution is 2.24. The minimum absolute atomic E-state index is 0.0207. The molecule has 2 heterocycles. The summed E-state index contributed by atoms with van der Waals surface area (Å²) in [5.41, 5.74) is 3.22. The van der Waals surface area contributed by atoms with Gasteiger partial charge in [-0.1, -0.05) is 41.6 Å². The molecule has 1 saturated heterocycles. The van der Waals surface area contributed by atoms with E-state index in [1.807, 2.05) is 67.3 Å². The predicted octanol–water partition coefficient (Wildman–Crippen LogP) is 4.21. The molecule has 0 radical (unpaired) electrons. The highest BCUT2D eigenvalue weighted by atomic mass is 16.5. The van der Waals surface area contributed by atoms with Gasteiger partial charge < -0.3 is 14.2 Å². The van der Waals surface area contributed by atoms with Crippen molar-refractivity contribution in [3.05, 3.63) is 65.5 Å². The molecule has 156 valence electrons. The Balaban J connectivity index is 1.33. The van der Waals surface area contributed by atoms with Gasteiger partial charge in [-0.05, 0) is 55.9 Å². The van der Waals surface area contributed by atoms with E-state index in [1.54, 1.807) is 0 Å². The summed E-state index contributed by atoms with van der Waals surface area (Å²) in [5, 5.41) is 4.15. The van der Waals surface area contributed by atoms with Crippen molar-refractivity contribution >= 4 is 5.91 Å². The Bertz CT molecular complexity index is 1010. The van der Waals surface area contributed by atoms with Crippen LogP contribution >= 0.6 is 0 Å². The molecule has 0 bridgehead atoms. The Kier molecular flexibility index (Phi) is 6.12. The van der Waals surface area contributed by atoms with Crippen LogP contribution in [0.2, 0.25) is 0 Å². The monoisotopic (exact) mass is 405 g/mol. The number of amides is 1. The third kappa shape index (κ3) is 4.87. The Morgan fingerprint density at radius 2 is 2.07 bits per heavy atom. The van der Waals surface area contributed by atoms with E-state index >= 15 is 0 Å². The van der Waals surface area contributed by atoms with E-state index < -0.39 is 0 Å². The molecule has 4 rings (SSSR count). The number of nitrogens with zero attached hydrogens (tertiary/aromatic N) is 3. The van der Waals surface area contributed by atoms with E-state index in [9.17, 15) is 4.79 Å². The molecular weight excluding hydrogens is 378 g/mol. The lowest BCUT2D eigenvalue weighted by molar-refractivity contribution is -0.135. The van der Waals surface area contributed by atoms with Crippen LogP contribution < -0.4 is 4.74 Å². The van der Waals surface area contributed by atoms with Crippen molar-refractivity contribution in [1.82, 2.24) is 15.0 Å². The summed E-state index contributed by atoms with van der Waals surface area (Å²) >= 11 is 0. The standard InChI is InChI=1S/C24H27N3O3/c1-17-7-5-10-20(13-17)29-16-23(28)27-12-6-9-19(15-27)14-22-25-24(26-30-22)21-11-4-3-8-18(21)2/h3-5,7-8,10-11,13,19H,6,9,12,14-16H2,1-2H3. The Labute approximate surface area is 176 Å². The lowest BCUT2D eigenvalue weighted by Gasteiger charge is -2.32. The summed E-state index contributed by atoms with van der Waals surface area (Å²) in [5.74, 6) is 2.31. The van der Waals surface area contributed by atoms with Gasteiger partial charge in [-0.3, -0.25) is 4.79 Å². The first kappa shape index (κ1) is 20.1. The SMILES string of the molecule is Cc1cccc(OCC(=O)N2CCCC(Cc3nc(-c4ccccc4C)no3)C2)c1. The van der Waals surface area contributed by atoms with Crippen LogP contribution in [0.4, 0.5) is 0 Å². The maximum atomic E-state index is 12.6. The average molecular weight is 405 g/mol. The number of carbonyl (C=O) groups is 1. The van der Waals surface area contributed by atoms with E-state index in [1.165, 1.54) is 0 Å². The van der Waals surface area contributed by atoms with Crippen LogP contribution in [0.5, 0.6) is 5.75 Å². The van der Waals surface area contributed by atoms with Gasteiger partial charge in [0.1, 0.15) is 5.75 Å². The number of hydrogen-bond acceptors (Lipinski definition) is 5. The van der Waals surface area contributed by atoms with Crippen molar-refractivity contribution in [2.24, 2.45) is 5.92 Å². The molecule has 6 nitrogen and oxygen atoms in total. The number of carbonyl (C=O) groups excluding carboxylic acids is 1. The Hall–Kier alpha value is -3.15. The second kappa shape index (κ2) is 9.11. The van der Waals surface area contributed by atoms with E-state index in [0.717, 1.165) is 41.8 Å².